The standard InChI is InChI=1S/C20H31N3O5/c1-11(2)15(18(25)23-16(12(3)4)20(27)28)22-19(26)17(24)14(21)10-13-8-6-5-7-9-13/h5-9,11-12,14-17,24H,10,21H2,1-4H3,(H,22,26)(H,23,25)(H,27,28). The first-order valence-electron chi connectivity index (χ1n) is 9.35. The highest BCUT2D eigenvalue weighted by Gasteiger charge is 2.32. The molecular formula is C20H31N3O5. The van der Waals surface area contributed by atoms with Crippen molar-refractivity contribution in [2.45, 2.75) is 58.3 Å². The van der Waals surface area contributed by atoms with E-state index in [1.165, 1.54) is 0 Å². The third-order valence-corrected chi connectivity index (χ3v) is 4.47. The molecule has 28 heavy (non-hydrogen) atoms. The summed E-state index contributed by atoms with van der Waals surface area (Å²) < 4.78 is 0. The smallest absolute Gasteiger partial charge is 0.326 e. The van der Waals surface area contributed by atoms with Crippen molar-refractivity contribution in [2.75, 3.05) is 0 Å². The number of nitrogens with two attached hydrogens (primary N) is 1. The van der Waals surface area contributed by atoms with Crippen LogP contribution in [0.2, 0.25) is 0 Å². The van der Waals surface area contributed by atoms with E-state index in [0.717, 1.165) is 5.56 Å². The number of hydrogen-bond donors (Lipinski definition) is 5. The van der Waals surface area contributed by atoms with Gasteiger partial charge < -0.3 is 26.6 Å². The van der Waals surface area contributed by atoms with Crippen LogP contribution in [0.5, 0.6) is 0 Å². The van der Waals surface area contributed by atoms with Gasteiger partial charge in [0.2, 0.25) is 5.91 Å². The van der Waals surface area contributed by atoms with Gasteiger partial charge in [-0.3, -0.25) is 9.59 Å². The van der Waals surface area contributed by atoms with Crippen molar-refractivity contribution in [1.29, 1.82) is 0 Å². The van der Waals surface area contributed by atoms with E-state index < -0.39 is 42.0 Å². The zero-order valence-electron chi connectivity index (χ0n) is 16.8. The van der Waals surface area contributed by atoms with Crippen LogP contribution in [0.15, 0.2) is 30.3 Å². The second-order valence-electron chi connectivity index (χ2n) is 7.60. The summed E-state index contributed by atoms with van der Waals surface area (Å²) in [6.07, 6.45) is -1.21. The van der Waals surface area contributed by atoms with Crippen LogP contribution in [-0.2, 0) is 20.8 Å². The fourth-order valence-electron chi connectivity index (χ4n) is 2.72. The fourth-order valence-corrected chi connectivity index (χ4v) is 2.72. The Morgan fingerprint density at radius 1 is 0.929 bits per heavy atom. The van der Waals surface area contributed by atoms with Crippen LogP contribution in [0, 0.1) is 11.8 Å². The summed E-state index contributed by atoms with van der Waals surface area (Å²) in [5.41, 5.74) is 6.83. The number of carbonyl (C=O) groups is 3. The lowest BCUT2D eigenvalue weighted by atomic mass is 9.98. The molecule has 8 nitrogen and oxygen atoms in total. The molecule has 1 aromatic carbocycles. The summed E-state index contributed by atoms with van der Waals surface area (Å²) in [6, 6.07) is 6.29. The molecule has 4 atom stereocenters. The van der Waals surface area contributed by atoms with Crippen LogP contribution in [-0.4, -0.2) is 52.2 Å². The SMILES string of the molecule is CC(C)C(NC(=O)C(NC(=O)C(O)C(N)Cc1ccccc1)C(C)C)C(=O)O. The summed E-state index contributed by atoms with van der Waals surface area (Å²) in [4.78, 5) is 36.2. The Balaban J connectivity index is 2.77. The van der Waals surface area contributed by atoms with E-state index in [4.69, 9.17) is 5.73 Å². The van der Waals surface area contributed by atoms with Crippen molar-refractivity contribution in [3.05, 3.63) is 35.9 Å². The van der Waals surface area contributed by atoms with Gasteiger partial charge in [0.05, 0.1) is 0 Å². The monoisotopic (exact) mass is 393 g/mol. The quantitative estimate of drug-likeness (QED) is 0.387. The van der Waals surface area contributed by atoms with Crippen molar-refractivity contribution in [2.24, 2.45) is 17.6 Å². The maximum atomic E-state index is 12.5. The summed E-state index contributed by atoms with van der Waals surface area (Å²) in [6.45, 7) is 6.78. The Morgan fingerprint density at radius 2 is 1.43 bits per heavy atom. The van der Waals surface area contributed by atoms with E-state index in [9.17, 15) is 24.6 Å². The first-order valence-corrected chi connectivity index (χ1v) is 9.35. The predicted molar refractivity (Wildman–Crippen MR) is 105 cm³/mol. The zero-order valence-corrected chi connectivity index (χ0v) is 16.8. The molecule has 0 aliphatic rings. The van der Waals surface area contributed by atoms with Gasteiger partial charge in [0.15, 0.2) is 0 Å². The molecule has 4 unspecified atom stereocenters. The van der Waals surface area contributed by atoms with Crippen molar-refractivity contribution in [3.63, 3.8) is 0 Å². The molecule has 0 fully saturated rings. The van der Waals surface area contributed by atoms with Crippen LogP contribution in [0.1, 0.15) is 33.3 Å². The maximum Gasteiger partial charge on any atom is 0.326 e. The minimum atomic E-state index is -1.50. The van der Waals surface area contributed by atoms with Crippen molar-refractivity contribution >= 4 is 17.8 Å². The highest BCUT2D eigenvalue weighted by atomic mass is 16.4. The van der Waals surface area contributed by atoms with Gasteiger partial charge in [0, 0.05) is 6.04 Å². The Hall–Kier alpha value is -2.45. The number of hydrogen-bond acceptors (Lipinski definition) is 5. The number of carboxylic acid groups (broad SMARTS) is 1. The molecule has 1 rings (SSSR count). The topological polar surface area (TPSA) is 142 Å². The highest BCUT2D eigenvalue weighted by Crippen LogP contribution is 2.09. The molecular weight excluding hydrogens is 362 g/mol. The molecule has 0 saturated heterocycles. The van der Waals surface area contributed by atoms with Gasteiger partial charge in [0.25, 0.3) is 5.91 Å². The zero-order chi connectivity index (χ0) is 21.4. The number of carbonyl (C=O) groups excluding carboxylic acids is 2. The van der Waals surface area contributed by atoms with E-state index in [1.54, 1.807) is 27.7 Å². The normalized spacial score (nSPS) is 15.6. The third-order valence-electron chi connectivity index (χ3n) is 4.47. The number of carboxylic acids is 1. The number of aliphatic hydroxyl groups is 1. The predicted octanol–water partition coefficient (Wildman–Crippen LogP) is 0.284. The van der Waals surface area contributed by atoms with Gasteiger partial charge in [-0.15, -0.1) is 0 Å². The lowest BCUT2D eigenvalue weighted by Gasteiger charge is -2.27. The Kier molecular flexibility index (Phi) is 9.08. The van der Waals surface area contributed by atoms with E-state index in [0.29, 0.717) is 6.42 Å². The summed E-state index contributed by atoms with van der Waals surface area (Å²) in [5, 5.41) is 24.4. The van der Waals surface area contributed by atoms with Gasteiger partial charge in [0.1, 0.15) is 18.2 Å². The molecule has 0 heterocycles. The van der Waals surface area contributed by atoms with Crippen LogP contribution in [0.25, 0.3) is 0 Å². The molecule has 156 valence electrons. The molecule has 0 saturated carbocycles. The Morgan fingerprint density at radius 3 is 1.89 bits per heavy atom. The average molecular weight is 393 g/mol. The largest absolute Gasteiger partial charge is 0.480 e. The summed E-state index contributed by atoms with van der Waals surface area (Å²) in [5.74, 6) is -3.18. The molecule has 0 aromatic heterocycles. The third kappa shape index (κ3) is 6.94. The molecule has 8 heteroatoms. The van der Waals surface area contributed by atoms with Crippen molar-refractivity contribution < 1.29 is 24.6 Å². The summed E-state index contributed by atoms with van der Waals surface area (Å²) >= 11 is 0. The van der Waals surface area contributed by atoms with Crippen LogP contribution >= 0.6 is 0 Å². The Bertz CT molecular complexity index is 663. The molecule has 0 radical (unpaired) electrons. The fraction of sp³-hybridized carbons (Fsp3) is 0.550. The van der Waals surface area contributed by atoms with Crippen LogP contribution < -0.4 is 16.4 Å². The molecule has 6 N–H and O–H groups in total. The first-order chi connectivity index (χ1) is 13.0. The second-order valence-corrected chi connectivity index (χ2v) is 7.60. The molecule has 0 aliphatic carbocycles. The van der Waals surface area contributed by atoms with Gasteiger partial charge >= 0.3 is 5.97 Å². The van der Waals surface area contributed by atoms with Gasteiger partial charge in [-0.1, -0.05) is 58.0 Å². The number of amides is 2. The van der Waals surface area contributed by atoms with Gasteiger partial charge in [-0.25, -0.2) is 4.79 Å². The van der Waals surface area contributed by atoms with E-state index in [2.05, 4.69) is 10.6 Å². The van der Waals surface area contributed by atoms with E-state index >= 15 is 0 Å². The van der Waals surface area contributed by atoms with Crippen LogP contribution in [0.3, 0.4) is 0 Å². The Labute approximate surface area is 165 Å². The number of benzene rings is 1. The summed E-state index contributed by atoms with van der Waals surface area (Å²) in [7, 11) is 0. The lowest BCUT2D eigenvalue weighted by Crippen LogP contribution is -2.58. The number of aliphatic hydroxyl groups excluding tert-OH is 1. The lowest BCUT2D eigenvalue weighted by molar-refractivity contribution is -0.144. The van der Waals surface area contributed by atoms with Gasteiger partial charge in [-0.05, 0) is 23.8 Å². The van der Waals surface area contributed by atoms with Gasteiger partial charge in [-0.2, -0.15) is 0 Å². The number of rotatable bonds is 10. The van der Waals surface area contributed by atoms with Crippen molar-refractivity contribution in [1.82, 2.24) is 10.6 Å². The van der Waals surface area contributed by atoms with Crippen molar-refractivity contribution in [3.8, 4) is 0 Å². The second kappa shape index (κ2) is 10.8. The number of aliphatic carboxylic acids is 1. The maximum absolute atomic E-state index is 12.5. The molecule has 0 aliphatic heterocycles. The molecule has 2 amide bonds. The molecule has 0 spiro atoms. The van der Waals surface area contributed by atoms with Crippen LogP contribution in [0.4, 0.5) is 0 Å². The van der Waals surface area contributed by atoms with E-state index in [1.807, 2.05) is 30.3 Å². The number of nitrogens with one attached hydrogen (secondary N) is 2. The molecule has 1 aromatic rings. The molecule has 0 bridgehead atoms. The highest BCUT2D eigenvalue weighted by molar-refractivity contribution is 5.91. The average Bonchev–Trinajstić information content (AvgIpc) is 2.62. The minimum absolute atomic E-state index is 0.294. The minimum Gasteiger partial charge on any atom is -0.480 e. The first kappa shape index (κ1) is 23.6. The van der Waals surface area contributed by atoms with E-state index in [-0.39, 0.29) is 11.8 Å².